The van der Waals surface area contributed by atoms with Crippen LogP contribution in [0.5, 0.6) is 5.75 Å². The van der Waals surface area contributed by atoms with Crippen LogP contribution in [0.2, 0.25) is 5.02 Å². The van der Waals surface area contributed by atoms with Crippen molar-refractivity contribution in [3.8, 4) is 5.75 Å². The Morgan fingerprint density at radius 2 is 1.62 bits per heavy atom. The molecule has 2 aromatic rings. The molecule has 0 fully saturated rings. The molecule has 0 N–H and O–H groups in total. The molecule has 0 radical (unpaired) electrons. The second-order valence-electron chi connectivity index (χ2n) is 4.66. The van der Waals surface area contributed by atoms with Crippen LogP contribution < -0.4 is 4.74 Å². The number of benzene rings is 1. The summed E-state index contributed by atoms with van der Waals surface area (Å²) in [6, 6.07) is 6.06. The molecule has 0 saturated carbocycles. The summed E-state index contributed by atoms with van der Waals surface area (Å²) in [4.78, 5) is 36.1. The molecule has 10 nitrogen and oxygen atoms in total. The molecule has 1 unspecified atom stereocenters. The largest absolute Gasteiger partial charge is 0.465 e. The molecule has 0 aliphatic rings. The van der Waals surface area contributed by atoms with Crippen LogP contribution in [-0.4, -0.2) is 54.2 Å². The average molecular weight is 384 g/mol. The molecule has 0 aliphatic heterocycles. The third-order valence-electron chi connectivity index (χ3n) is 3.14. The highest BCUT2D eigenvalue weighted by Gasteiger charge is 2.35. The zero-order chi connectivity index (χ0) is 19.3. The molecule has 1 heterocycles. The molecule has 0 aliphatic carbocycles. The van der Waals surface area contributed by atoms with Crippen molar-refractivity contribution in [2.75, 3.05) is 21.3 Å². The van der Waals surface area contributed by atoms with E-state index in [4.69, 9.17) is 16.3 Å². The zero-order valence-corrected chi connectivity index (χ0v) is 14.7. The Labute approximate surface area is 152 Å². The van der Waals surface area contributed by atoms with Gasteiger partial charge in [0.25, 0.3) is 6.23 Å². The van der Waals surface area contributed by atoms with E-state index in [1.165, 1.54) is 24.3 Å². The highest BCUT2D eigenvalue weighted by molar-refractivity contribution is 6.30. The molecule has 1 aromatic heterocycles. The first-order chi connectivity index (χ1) is 12.4. The van der Waals surface area contributed by atoms with Crippen LogP contribution in [0.1, 0.15) is 27.2 Å². The van der Waals surface area contributed by atoms with Crippen molar-refractivity contribution in [3.05, 3.63) is 40.7 Å². The van der Waals surface area contributed by atoms with Gasteiger partial charge in [0.1, 0.15) is 5.75 Å². The molecule has 1 atom stereocenters. The lowest BCUT2D eigenvalue weighted by molar-refractivity contribution is -0.154. The highest BCUT2D eigenvalue weighted by atomic mass is 35.5. The van der Waals surface area contributed by atoms with Gasteiger partial charge in [0.15, 0.2) is 5.69 Å². The van der Waals surface area contributed by atoms with Gasteiger partial charge in [0.05, 0.1) is 21.3 Å². The lowest BCUT2D eigenvalue weighted by Gasteiger charge is -2.18. The van der Waals surface area contributed by atoms with Crippen LogP contribution in [0.15, 0.2) is 24.3 Å². The van der Waals surface area contributed by atoms with E-state index in [2.05, 4.69) is 24.5 Å². The second kappa shape index (κ2) is 8.30. The third-order valence-corrected chi connectivity index (χ3v) is 3.39. The predicted molar refractivity (Wildman–Crippen MR) is 85.8 cm³/mol. The van der Waals surface area contributed by atoms with Crippen LogP contribution in [0, 0.1) is 0 Å². The fourth-order valence-electron chi connectivity index (χ4n) is 1.92. The van der Waals surface area contributed by atoms with E-state index in [0.717, 1.165) is 26.0 Å². The average Bonchev–Trinajstić information content (AvgIpc) is 3.10. The summed E-state index contributed by atoms with van der Waals surface area (Å²) < 4.78 is 20.2. The van der Waals surface area contributed by atoms with E-state index in [1.807, 2.05) is 0 Å². The van der Waals surface area contributed by atoms with E-state index in [1.54, 1.807) is 0 Å². The van der Waals surface area contributed by atoms with Crippen LogP contribution in [0.25, 0.3) is 0 Å². The van der Waals surface area contributed by atoms with Gasteiger partial charge >= 0.3 is 17.9 Å². The number of esters is 3. The molecule has 0 amide bonds. The van der Waals surface area contributed by atoms with Gasteiger partial charge in [-0.3, -0.25) is 0 Å². The van der Waals surface area contributed by atoms with Gasteiger partial charge in [-0.15, -0.1) is 5.10 Å². The fraction of sp³-hybridized carbons (Fsp3) is 0.267. The van der Waals surface area contributed by atoms with Crippen LogP contribution in [0.4, 0.5) is 0 Å². The molecule has 0 saturated heterocycles. The number of hydrogen-bond donors (Lipinski definition) is 0. The Kier molecular flexibility index (Phi) is 6.12. The normalized spacial score (nSPS) is 11.4. The summed E-state index contributed by atoms with van der Waals surface area (Å²) in [7, 11) is 3.31. The maximum atomic E-state index is 12.2. The van der Waals surface area contributed by atoms with Gasteiger partial charge in [0, 0.05) is 5.02 Å². The standard InChI is InChI=1S/C15H14ClN3O7/c1-23-13(20)10-11(14(21)24-2)19(18-17-10)12(15(22)25-3)26-9-6-4-8(16)5-7-9/h4-7,12H,1-3H3. The zero-order valence-electron chi connectivity index (χ0n) is 14.0. The molecule has 0 spiro atoms. The lowest BCUT2D eigenvalue weighted by Crippen LogP contribution is -2.30. The summed E-state index contributed by atoms with van der Waals surface area (Å²) in [5.74, 6) is -2.57. The second-order valence-corrected chi connectivity index (χ2v) is 5.10. The first kappa shape index (κ1) is 19.2. The molecule has 0 bridgehead atoms. The number of halogens is 1. The Bertz CT molecular complexity index is 819. The number of aromatic nitrogens is 3. The van der Waals surface area contributed by atoms with Crippen LogP contribution in [0.3, 0.4) is 0 Å². The minimum absolute atomic E-state index is 0.232. The molecule has 26 heavy (non-hydrogen) atoms. The van der Waals surface area contributed by atoms with Crippen molar-refractivity contribution in [3.63, 3.8) is 0 Å². The van der Waals surface area contributed by atoms with Crippen molar-refractivity contribution in [2.45, 2.75) is 6.23 Å². The first-order valence-electron chi connectivity index (χ1n) is 7.04. The molecule has 138 valence electrons. The maximum Gasteiger partial charge on any atom is 0.370 e. The Hall–Kier alpha value is -3.14. The smallest absolute Gasteiger partial charge is 0.370 e. The van der Waals surface area contributed by atoms with Gasteiger partial charge in [-0.1, -0.05) is 16.8 Å². The number of hydrogen-bond acceptors (Lipinski definition) is 9. The van der Waals surface area contributed by atoms with Crippen molar-refractivity contribution >= 4 is 29.5 Å². The fourth-order valence-corrected chi connectivity index (χ4v) is 2.05. The SMILES string of the molecule is COC(=O)c1nnn(C(Oc2ccc(Cl)cc2)C(=O)OC)c1C(=O)OC. The summed E-state index contributed by atoms with van der Waals surface area (Å²) in [6.07, 6.45) is -1.55. The van der Waals surface area contributed by atoms with Gasteiger partial charge in [-0.05, 0) is 24.3 Å². The number of rotatable bonds is 6. The maximum absolute atomic E-state index is 12.2. The quantitative estimate of drug-likeness (QED) is 0.536. The summed E-state index contributed by atoms with van der Waals surface area (Å²) in [5, 5.41) is 7.68. The van der Waals surface area contributed by atoms with Gasteiger partial charge in [-0.2, -0.15) is 4.68 Å². The van der Waals surface area contributed by atoms with E-state index < -0.39 is 35.5 Å². The minimum Gasteiger partial charge on any atom is -0.465 e. The van der Waals surface area contributed by atoms with E-state index in [0.29, 0.717) is 5.02 Å². The summed E-state index contributed by atoms with van der Waals surface area (Å²) >= 11 is 5.81. The number of carbonyl (C=O) groups excluding carboxylic acids is 3. The number of ether oxygens (including phenoxy) is 4. The Balaban J connectivity index is 2.52. The third kappa shape index (κ3) is 3.91. The predicted octanol–water partition coefficient (Wildman–Crippen LogP) is 1.26. The van der Waals surface area contributed by atoms with E-state index in [-0.39, 0.29) is 5.75 Å². The molecule has 11 heteroatoms. The van der Waals surface area contributed by atoms with Crippen molar-refractivity contribution in [2.24, 2.45) is 0 Å². The molecular formula is C15H14ClN3O7. The van der Waals surface area contributed by atoms with E-state index in [9.17, 15) is 14.4 Å². The Morgan fingerprint density at radius 1 is 1.00 bits per heavy atom. The first-order valence-corrected chi connectivity index (χ1v) is 7.42. The minimum atomic E-state index is -1.55. The molecule has 2 rings (SSSR count). The number of methoxy groups -OCH3 is 3. The highest BCUT2D eigenvalue weighted by Crippen LogP contribution is 2.23. The topological polar surface area (TPSA) is 119 Å². The molecular weight excluding hydrogens is 370 g/mol. The van der Waals surface area contributed by atoms with Crippen molar-refractivity contribution in [1.82, 2.24) is 15.0 Å². The molecule has 1 aromatic carbocycles. The number of nitrogens with zero attached hydrogens (tertiary/aromatic N) is 3. The van der Waals surface area contributed by atoms with Crippen molar-refractivity contribution < 1.29 is 33.3 Å². The summed E-state index contributed by atoms with van der Waals surface area (Å²) in [5.41, 5.74) is -0.864. The van der Waals surface area contributed by atoms with Crippen LogP contribution in [-0.2, 0) is 19.0 Å². The van der Waals surface area contributed by atoms with Gasteiger partial charge in [0.2, 0.25) is 5.69 Å². The van der Waals surface area contributed by atoms with Gasteiger partial charge < -0.3 is 18.9 Å². The monoisotopic (exact) mass is 383 g/mol. The Morgan fingerprint density at radius 3 is 2.15 bits per heavy atom. The number of carbonyl (C=O) groups is 3. The van der Waals surface area contributed by atoms with Gasteiger partial charge in [-0.25, -0.2) is 14.4 Å². The van der Waals surface area contributed by atoms with Crippen LogP contribution >= 0.6 is 11.6 Å². The van der Waals surface area contributed by atoms with Crippen molar-refractivity contribution in [1.29, 1.82) is 0 Å². The summed E-state index contributed by atoms with van der Waals surface area (Å²) in [6.45, 7) is 0. The van der Waals surface area contributed by atoms with E-state index >= 15 is 0 Å². The lowest BCUT2D eigenvalue weighted by atomic mass is 10.3.